The van der Waals surface area contributed by atoms with Crippen molar-refractivity contribution in [1.29, 1.82) is 0 Å². The Morgan fingerprint density at radius 1 is 1.21 bits per heavy atom. The number of amides is 1. The van der Waals surface area contributed by atoms with Crippen LogP contribution in [-0.4, -0.2) is 89.7 Å². The highest BCUT2D eigenvalue weighted by atomic mass is 16.5. The molecule has 2 aromatic rings. The number of pyridine rings is 1. The van der Waals surface area contributed by atoms with Crippen molar-refractivity contribution in [2.45, 2.75) is 19.9 Å². The van der Waals surface area contributed by atoms with Gasteiger partial charge in [0.2, 0.25) is 5.78 Å². The third kappa shape index (κ3) is 4.26. The van der Waals surface area contributed by atoms with Crippen molar-refractivity contribution in [3.8, 4) is 0 Å². The average molecular weight is 469 g/mol. The van der Waals surface area contributed by atoms with Crippen LogP contribution in [0.2, 0.25) is 0 Å². The summed E-state index contributed by atoms with van der Waals surface area (Å²) in [7, 11) is 1.25. The van der Waals surface area contributed by atoms with E-state index in [4.69, 9.17) is 9.47 Å². The fourth-order valence-corrected chi connectivity index (χ4v) is 4.81. The lowest BCUT2D eigenvalue weighted by Gasteiger charge is -2.31. The number of aryl methyl sites for hydroxylation is 1. The number of ether oxygens (including phenoxy) is 2. The smallest absolute Gasteiger partial charge is 0.354 e. The molecule has 10 nitrogen and oxygen atoms in total. The number of morpholine rings is 1. The van der Waals surface area contributed by atoms with Crippen molar-refractivity contribution in [3.63, 3.8) is 0 Å². The maximum Gasteiger partial charge on any atom is 0.354 e. The van der Waals surface area contributed by atoms with Gasteiger partial charge in [-0.3, -0.25) is 24.3 Å². The van der Waals surface area contributed by atoms with Gasteiger partial charge in [0.05, 0.1) is 26.4 Å². The number of H-pyrrole nitrogens is 1. The largest absolute Gasteiger partial charge is 0.464 e. The van der Waals surface area contributed by atoms with E-state index in [0.717, 1.165) is 13.1 Å². The molecule has 1 amide bonds. The number of hydrogen-bond acceptors (Lipinski definition) is 8. The van der Waals surface area contributed by atoms with E-state index in [9.17, 15) is 19.2 Å². The molecule has 0 aliphatic carbocycles. The first kappa shape index (κ1) is 23.8. The van der Waals surface area contributed by atoms with E-state index in [0.29, 0.717) is 43.1 Å². The topological polar surface area (TPSA) is 122 Å². The molecule has 2 atom stereocenters. The van der Waals surface area contributed by atoms with Crippen molar-refractivity contribution >= 4 is 23.4 Å². The zero-order chi connectivity index (χ0) is 24.4. The van der Waals surface area contributed by atoms with Crippen LogP contribution in [0.1, 0.15) is 43.7 Å². The van der Waals surface area contributed by atoms with Crippen molar-refractivity contribution < 1.29 is 28.7 Å². The number of esters is 1. The van der Waals surface area contributed by atoms with Gasteiger partial charge in [-0.25, -0.2) is 4.79 Å². The summed E-state index contributed by atoms with van der Waals surface area (Å²) in [4.78, 5) is 62.9. The quantitative estimate of drug-likeness (QED) is 0.277. The van der Waals surface area contributed by atoms with E-state index >= 15 is 0 Å². The molecule has 2 aliphatic heterocycles. The molecule has 0 radical (unpaired) electrons. The van der Waals surface area contributed by atoms with Gasteiger partial charge >= 0.3 is 5.97 Å². The van der Waals surface area contributed by atoms with Gasteiger partial charge in [-0.2, -0.15) is 0 Å². The summed E-state index contributed by atoms with van der Waals surface area (Å²) in [6, 6.07) is 2.70. The van der Waals surface area contributed by atoms with Gasteiger partial charge in [0.15, 0.2) is 5.78 Å². The molecular weight excluding hydrogens is 440 g/mol. The molecule has 1 N–H and O–H groups in total. The highest BCUT2D eigenvalue weighted by molar-refractivity contribution is 6.44. The van der Waals surface area contributed by atoms with E-state index in [-0.39, 0.29) is 11.3 Å². The molecule has 10 heteroatoms. The van der Waals surface area contributed by atoms with Gasteiger partial charge in [-0.15, -0.1) is 0 Å². The molecule has 2 aliphatic rings. The maximum atomic E-state index is 13.8. The Bertz CT molecular complexity index is 1110. The first-order valence-corrected chi connectivity index (χ1v) is 11.2. The molecular formula is C24H28N4O6. The third-order valence-electron chi connectivity index (χ3n) is 6.55. The molecule has 4 rings (SSSR count). The number of carbonyl (C=O) groups excluding carboxylic acids is 4. The summed E-state index contributed by atoms with van der Waals surface area (Å²) in [5.74, 6) is -3.77. The number of hydrogen-bond donors (Lipinski definition) is 1. The van der Waals surface area contributed by atoms with Crippen molar-refractivity contribution in [3.05, 3.63) is 52.6 Å². The van der Waals surface area contributed by atoms with E-state index in [1.807, 2.05) is 0 Å². The van der Waals surface area contributed by atoms with E-state index in [2.05, 4.69) is 14.9 Å². The maximum absolute atomic E-state index is 13.8. The lowest BCUT2D eigenvalue weighted by atomic mass is 9.85. The van der Waals surface area contributed by atoms with Crippen LogP contribution in [0.3, 0.4) is 0 Å². The Morgan fingerprint density at radius 2 is 1.94 bits per heavy atom. The number of rotatable bonds is 7. The Labute approximate surface area is 197 Å². The van der Waals surface area contributed by atoms with Crippen LogP contribution in [0.5, 0.6) is 0 Å². The SMILES string of the molecule is COC(=O)c1[nH]c(C)c(C(=O)C2C(=O)C(=O)N(CCN3CCOCC3)C2c2cccnc2)c1C. The first-order valence-electron chi connectivity index (χ1n) is 11.2. The number of aromatic nitrogens is 2. The number of likely N-dealkylation sites (tertiary alicyclic amines) is 1. The molecule has 0 bridgehead atoms. The first-order chi connectivity index (χ1) is 16.3. The molecule has 180 valence electrons. The Balaban J connectivity index is 1.70. The number of ketones is 2. The van der Waals surface area contributed by atoms with E-state index in [1.165, 1.54) is 12.0 Å². The highest BCUT2D eigenvalue weighted by Gasteiger charge is 2.52. The number of methoxy groups -OCH3 is 1. The number of nitrogens with zero attached hydrogens (tertiary/aromatic N) is 3. The molecule has 0 saturated carbocycles. The van der Waals surface area contributed by atoms with Gasteiger partial charge in [0.1, 0.15) is 11.6 Å². The second kappa shape index (κ2) is 9.86. The van der Waals surface area contributed by atoms with E-state index < -0.39 is 35.4 Å². The van der Waals surface area contributed by atoms with Gasteiger partial charge in [-0.05, 0) is 31.0 Å². The minimum atomic E-state index is -1.24. The average Bonchev–Trinajstić information content (AvgIpc) is 3.30. The van der Waals surface area contributed by atoms with Crippen LogP contribution in [0.15, 0.2) is 24.5 Å². The van der Waals surface area contributed by atoms with Crippen LogP contribution >= 0.6 is 0 Å². The Morgan fingerprint density at radius 3 is 2.59 bits per heavy atom. The van der Waals surface area contributed by atoms with Crippen molar-refractivity contribution in [1.82, 2.24) is 19.8 Å². The minimum absolute atomic E-state index is 0.155. The number of carbonyl (C=O) groups is 4. The lowest BCUT2D eigenvalue weighted by Crippen LogP contribution is -2.42. The van der Waals surface area contributed by atoms with E-state index in [1.54, 1.807) is 38.4 Å². The van der Waals surface area contributed by atoms with Gasteiger partial charge in [0.25, 0.3) is 5.91 Å². The highest BCUT2D eigenvalue weighted by Crippen LogP contribution is 2.39. The van der Waals surface area contributed by atoms with Gasteiger partial charge in [-0.1, -0.05) is 6.07 Å². The molecule has 34 heavy (non-hydrogen) atoms. The normalized spacial score (nSPS) is 21.2. The lowest BCUT2D eigenvalue weighted by molar-refractivity contribution is -0.141. The predicted molar refractivity (Wildman–Crippen MR) is 120 cm³/mol. The van der Waals surface area contributed by atoms with Crippen LogP contribution in [0.4, 0.5) is 0 Å². The fourth-order valence-electron chi connectivity index (χ4n) is 4.81. The zero-order valence-corrected chi connectivity index (χ0v) is 19.5. The van der Waals surface area contributed by atoms with Crippen LogP contribution < -0.4 is 0 Å². The number of aromatic amines is 1. The molecule has 4 heterocycles. The second-order valence-electron chi connectivity index (χ2n) is 8.51. The van der Waals surface area contributed by atoms with Crippen molar-refractivity contribution in [2.24, 2.45) is 5.92 Å². The third-order valence-corrected chi connectivity index (χ3v) is 6.55. The van der Waals surface area contributed by atoms with Gasteiger partial charge < -0.3 is 19.4 Å². The van der Waals surface area contributed by atoms with Crippen LogP contribution in [0.25, 0.3) is 0 Å². The monoisotopic (exact) mass is 468 g/mol. The minimum Gasteiger partial charge on any atom is -0.464 e. The summed E-state index contributed by atoms with van der Waals surface area (Å²) in [5.41, 5.74) is 1.84. The fraction of sp³-hybridized carbons (Fsp3) is 0.458. The Kier molecular flexibility index (Phi) is 6.90. The standard InChI is InChI=1S/C24H28N4O6/c1-14-17(15(2)26-19(14)24(32)33-3)21(29)18-20(16-5-4-6-25-13-16)28(23(31)22(18)30)8-7-27-9-11-34-12-10-27/h4-6,13,18,20,26H,7-12H2,1-3H3. The molecule has 2 saturated heterocycles. The summed E-state index contributed by atoms with van der Waals surface area (Å²) >= 11 is 0. The summed E-state index contributed by atoms with van der Waals surface area (Å²) in [6.07, 6.45) is 3.18. The summed E-state index contributed by atoms with van der Waals surface area (Å²) < 4.78 is 10.2. The van der Waals surface area contributed by atoms with Crippen molar-refractivity contribution in [2.75, 3.05) is 46.5 Å². The molecule has 0 spiro atoms. The second-order valence-corrected chi connectivity index (χ2v) is 8.51. The molecule has 2 aromatic heterocycles. The van der Waals surface area contributed by atoms with Gasteiger partial charge in [0, 0.05) is 49.8 Å². The Hall–Kier alpha value is -3.37. The number of nitrogens with one attached hydrogen (secondary N) is 1. The molecule has 2 unspecified atom stereocenters. The number of Topliss-reactive ketones (excluding diaryl/α,β-unsaturated/α-hetero) is 2. The zero-order valence-electron chi connectivity index (χ0n) is 19.5. The molecule has 0 aromatic carbocycles. The van der Waals surface area contributed by atoms with Crippen LogP contribution in [0, 0.1) is 19.8 Å². The predicted octanol–water partition coefficient (Wildman–Crippen LogP) is 1.10. The summed E-state index contributed by atoms with van der Waals surface area (Å²) in [5, 5.41) is 0. The van der Waals surface area contributed by atoms with Crippen LogP contribution in [-0.2, 0) is 19.1 Å². The summed E-state index contributed by atoms with van der Waals surface area (Å²) in [6.45, 7) is 6.87. The molecule has 2 fully saturated rings.